The Morgan fingerprint density at radius 1 is 1.06 bits per heavy atom. The Kier molecular flexibility index (Phi) is 8.85. The van der Waals surface area contributed by atoms with Gasteiger partial charge in [0.05, 0.1) is 13.0 Å². The molecule has 0 saturated heterocycles. The zero-order valence-corrected chi connectivity index (χ0v) is 18.7. The summed E-state index contributed by atoms with van der Waals surface area (Å²) in [6.45, 7) is 7.56. The maximum atomic E-state index is 12.7. The van der Waals surface area contributed by atoms with Crippen molar-refractivity contribution in [3.63, 3.8) is 0 Å². The molecule has 1 aromatic heterocycles. The van der Waals surface area contributed by atoms with Crippen molar-refractivity contribution in [1.29, 1.82) is 0 Å². The summed E-state index contributed by atoms with van der Waals surface area (Å²) in [5, 5.41) is 10.1. The van der Waals surface area contributed by atoms with E-state index in [0.29, 0.717) is 12.2 Å². The number of nitrogens with zero attached hydrogens (tertiary/aromatic N) is 1. The highest BCUT2D eigenvalue weighted by atomic mass is 16.6. The summed E-state index contributed by atoms with van der Waals surface area (Å²) in [6.07, 6.45) is 1.03. The van der Waals surface area contributed by atoms with Gasteiger partial charge in [0.15, 0.2) is 23.0 Å². The number of ketones is 1. The van der Waals surface area contributed by atoms with Crippen LogP contribution in [0.25, 0.3) is 0 Å². The van der Waals surface area contributed by atoms with Crippen LogP contribution in [0, 0.1) is 11.8 Å². The average molecular weight is 430 g/mol. The maximum Gasteiger partial charge on any atom is 0.309 e. The number of benzene rings is 1. The second kappa shape index (κ2) is 11.3. The number of hydrogen-bond acceptors (Lipinski definition) is 7. The number of pyridine rings is 1. The number of Topliss-reactive ketones (excluding diaryl/α,β-unsaturated/α-hetero) is 1. The summed E-state index contributed by atoms with van der Waals surface area (Å²) < 4.78 is 16.7. The Balaban J connectivity index is 2.04. The molecule has 0 amide bonds. The highest BCUT2D eigenvalue weighted by molar-refractivity contribution is 5.99. The quantitative estimate of drug-likeness (QED) is 0.417. The molecule has 1 N–H and O–H groups in total. The lowest BCUT2D eigenvalue weighted by Crippen LogP contribution is -2.36. The third-order valence-electron chi connectivity index (χ3n) is 4.83. The zero-order chi connectivity index (χ0) is 23.0. The van der Waals surface area contributed by atoms with Crippen LogP contribution >= 0.6 is 0 Å². The van der Waals surface area contributed by atoms with Crippen LogP contribution < -0.4 is 9.47 Å². The Hall–Kier alpha value is -3.09. The fourth-order valence-corrected chi connectivity index (χ4v) is 3.12. The number of rotatable bonds is 11. The fraction of sp³-hybridized carbons (Fsp3) is 0.458. The van der Waals surface area contributed by atoms with Gasteiger partial charge in [0.1, 0.15) is 18.0 Å². The Morgan fingerprint density at radius 2 is 1.74 bits per heavy atom. The van der Waals surface area contributed by atoms with Gasteiger partial charge in [-0.3, -0.25) is 9.59 Å². The van der Waals surface area contributed by atoms with Gasteiger partial charge in [-0.05, 0) is 31.4 Å². The van der Waals surface area contributed by atoms with E-state index < -0.39 is 23.8 Å². The van der Waals surface area contributed by atoms with E-state index in [2.05, 4.69) is 4.98 Å². The number of aromatic hydroxyl groups is 1. The van der Waals surface area contributed by atoms with Gasteiger partial charge in [0.25, 0.3) is 0 Å². The van der Waals surface area contributed by atoms with Crippen LogP contribution in [0.5, 0.6) is 17.2 Å². The number of carbonyl (C=O) groups is 2. The number of methoxy groups -OCH3 is 1. The van der Waals surface area contributed by atoms with Crippen molar-refractivity contribution in [3.8, 4) is 17.2 Å². The molecule has 2 aromatic rings. The molecule has 31 heavy (non-hydrogen) atoms. The minimum Gasteiger partial charge on any atom is -0.503 e. The lowest BCUT2D eigenvalue weighted by atomic mass is 10.00. The van der Waals surface area contributed by atoms with Crippen LogP contribution in [0.15, 0.2) is 42.6 Å². The largest absolute Gasteiger partial charge is 0.503 e. The Labute approximate surface area is 183 Å². The average Bonchev–Trinajstić information content (AvgIpc) is 2.73. The standard InChI is InChI=1S/C24H31NO6/c1-15(2)13-21(17(4)30-18-9-7-6-8-10-18)31-24(28)16(3)14-19(26)22-23(27)20(29-5)11-12-25-22/h6-12,15-17,21,27H,13-14H2,1-5H3/t16-,17-,21+/m1/s1. The lowest BCUT2D eigenvalue weighted by Gasteiger charge is -2.27. The topological polar surface area (TPSA) is 95.0 Å². The van der Waals surface area contributed by atoms with Crippen LogP contribution in [0.1, 0.15) is 51.0 Å². The molecule has 0 unspecified atom stereocenters. The van der Waals surface area contributed by atoms with E-state index >= 15 is 0 Å². The van der Waals surface area contributed by atoms with E-state index in [4.69, 9.17) is 14.2 Å². The normalized spacial score (nSPS) is 13.9. The van der Waals surface area contributed by atoms with Gasteiger partial charge < -0.3 is 19.3 Å². The predicted molar refractivity (Wildman–Crippen MR) is 116 cm³/mol. The number of ether oxygens (including phenoxy) is 3. The van der Waals surface area contributed by atoms with Crippen molar-refractivity contribution in [3.05, 3.63) is 48.3 Å². The van der Waals surface area contributed by atoms with Gasteiger partial charge in [-0.25, -0.2) is 4.98 Å². The molecule has 0 saturated carbocycles. The summed E-state index contributed by atoms with van der Waals surface area (Å²) in [5.41, 5.74) is -0.126. The molecule has 0 aliphatic rings. The van der Waals surface area contributed by atoms with Gasteiger partial charge in [0.2, 0.25) is 0 Å². The Morgan fingerprint density at radius 3 is 2.35 bits per heavy atom. The molecule has 3 atom stereocenters. The third kappa shape index (κ3) is 6.98. The zero-order valence-electron chi connectivity index (χ0n) is 18.7. The summed E-state index contributed by atoms with van der Waals surface area (Å²) in [4.78, 5) is 29.2. The smallest absolute Gasteiger partial charge is 0.309 e. The van der Waals surface area contributed by atoms with Gasteiger partial charge >= 0.3 is 5.97 Å². The highest BCUT2D eigenvalue weighted by Crippen LogP contribution is 2.29. The highest BCUT2D eigenvalue weighted by Gasteiger charge is 2.29. The second-order valence-corrected chi connectivity index (χ2v) is 7.98. The second-order valence-electron chi connectivity index (χ2n) is 7.98. The molecule has 0 aliphatic heterocycles. The lowest BCUT2D eigenvalue weighted by molar-refractivity contribution is -0.158. The van der Waals surface area contributed by atoms with E-state index in [1.807, 2.05) is 51.1 Å². The van der Waals surface area contributed by atoms with Crippen LogP contribution in [0.2, 0.25) is 0 Å². The van der Waals surface area contributed by atoms with Crippen molar-refractivity contribution < 1.29 is 28.9 Å². The first-order valence-corrected chi connectivity index (χ1v) is 10.4. The van der Waals surface area contributed by atoms with Crippen molar-refractivity contribution in [2.24, 2.45) is 11.8 Å². The molecular weight excluding hydrogens is 398 g/mol. The monoisotopic (exact) mass is 429 g/mol. The molecule has 0 fully saturated rings. The molecule has 0 aliphatic carbocycles. The summed E-state index contributed by atoms with van der Waals surface area (Å²) in [5.74, 6) is -0.870. The third-order valence-corrected chi connectivity index (χ3v) is 4.83. The molecule has 0 radical (unpaired) electrons. The Bertz CT molecular complexity index is 868. The number of esters is 1. The number of para-hydroxylation sites is 1. The van der Waals surface area contributed by atoms with Crippen molar-refractivity contribution in [2.75, 3.05) is 7.11 Å². The summed E-state index contributed by atoms with van der Waals surface area (Å²) in [6, 6.07) is 10.8. The van der Waals surface area contributed by atoms with E-state index in [9.17, 15) is 14.7 Å². The molecule has 2 rings (SSSR count). The minimum absolute atomic E-state index is 0.126. The van der Waals surface area contributed by atoms with E-state index in [-0.39, 0.29) is 35.6 Å². The van der Waals surface area contributed by atoms with Crippen LogP contribution in [0.4, 0.5) is 0 Å². The van der Waals surface area contributed by atoms with E-state index in [1.54, 1.807) is 6.92 Å². The number of aromatic nitrogens is 1. The minimum atomic E-state index is -0.710. The molecule has 1 heterocycles. The van der Waals surface area contributed by atoms with Crippen molar-refractivity contribution >= 4 is 11.8 Å². The maximum absolute atomic E-state index is 12.7. The fourth-order valence-electron chi connectivity index (χ4n) is 3.12. The van der Waals surface area contributed by atoms with Gasteiger partial charge in [0, 0.05) is 18.7 Å². The molecular formula is C24H31NO6. The molecule has 168 valence electrons. The molecule has 0 spiro atoms. The van der Waals surface area contributed by atoms with E-state index in [1.165, 1.54) is 19.4 Å². The van der Waals surface area contributed by atoms with E-state index in [0.717, 1.165) is 0 Å². The molecule has 7 nitrogen and oxygen atoms in total. The first-order valence-electron chi connectivity index (χ1n) is 10.4. The molecule has 7 heteroatoms. The summed E-state index contributed by atoms with van der Waals surface area (Å²) >= 11 is 0. The SMILES string of the molecule is COc1ccnc(C(=O)C[C@@H](C)C(=O)O[C@@H](CC(C)C)[C@@H](C)Oc2ccccc2)c1O. The van der Waals surface area contributed by atoms with Crippen molar-refractivity contribution in [1.82, 2.24) is 4.98 Å². The van der Waals surface area contributed by atoms with Crippen LogP contribution in [-0.2, 0) is 9.53 Å². The first kappa shape index (κ1) is 24.2. The van der Waals surface area contributed by atoms with Crippen LogP contribution in [-0.4, -0.2) is 41.2 Å². The van der Waals surface area contributed by atoms with Gasteiger partial charge in [-0.1, -0.05) is 39.0 Å². The summed E-state index contributed by atoms with van der Waals surface area (Å²) in [7, 11) is 1.39. The van der Waals surface area contributed by atoms with Gasteiger partial charge in [-0.15, -0.1) is 0 Å². The van der Waals surface area contributed by atoms with Gasteiger partial charge in [-0.2, -0.15) is 0 Å². The molecule has 1 aromatic carbocycles. The molecule has 0 bridgehead atoms. The number of hydrogen-bond donors (Lipinski definition) is 1. The van der Waals surface area contributed by atoms with Crippen molar-refractivity contribution in [2.45, 2.75) is 52.7 Å². The predicted octanol–water partition coefficient (Wildman–Crippen LogP) is 4.43. The first-order chi connectivity index (χ1) is 14.7. The number of carbonyl (C=O) groups excluding carboxylic acids is 2. The van der Waals surface area contributed by atoms with Crippen LogP contribution in [0.3, 0.4) is 0 Å².